The first-order chi connectivity index (χ1) is 17.2. The molecule has 0 radical (unpaired) electrons. The van der Waals surface area contributed by atoms with Crippen LogP contribution in [0.5, 0.6) is 0 Å². The largest absolute Gasteiger partial charge is 0.350 e. The summed E-state index contributed by atoms with van der Waals surface area (Å²) in [7, 11) is 0. The third kappa shape index (κ3) is 4.98. The number of nitrogens with one attached hydrogen (secondary N) is 2. The lowest BCUT2D eigenvalue weighted by Crippen LogP contribution is -2.64. The van der Waals surface area contributed by atoms with Crippen LogP contribution in [-0.4, -0.2) is 44.3 Å². The lowest BCUT2D eigenvalue weighted by Gasteiger charge is -2.43. The van der Waals surface area contributed by atoms with Crippen molar-refractivity contribution in [3.05, 3.63) is 89.0 Å². The van der Waals surface area contributed by atoms with Gasteiger partial charge in [-0.2, -0.15) is 0 Å². The van der Waals surface area contributed by atoms with E-state index in [-0.39, 0.29) is 42.7 Å². The predicted octanol–water partition coefficient (Wildman–Crippen LogP) is 3.03. The molecule has 0 saturated carbocycles. The highest BCUT2D eigenvalue weighted by Crippen LogP contribution is 2.29. The Labute approximate surface area is 207 Å². The van der Waals surface area contributed by atoms with Crippen LogP contribution in [0.3, 0.4) is 0 Å². The maximum absolute atomic E-state index is 13.6. The number of hydrogen-bond donors (Lipinski definition) is 2. The molecule has 0 saturated heterocycles. The van der Waals surface area contributed by atoms with Crippen LogP contribution in [-0.2, 0) is 24.4 Å². The molecule has 0 aliphatic carbocycles. The lowest BCUT2D eigenvalue weighted by atomic mass is 9.94. The molecule has 0 unspecified atom stereocenters. The number of nitrogens with zero attached hydrogens (tertiary/aromatic N) is 3. The van der Waals surface area contributed by atoms with E-state index in [0.29, 0.717) is 18.5 Å². The molecule has 1 aliphatic rings. The first-order valence-electron chi connectivity index (χ1n) is 11.7. The van der Waals surface area contributed by atoms with Gasteiger partial charge in [0, 0.05) is 19.6 Å². The highest BCUT2D eigenvalue weighted by Gasteiger charge is 2.48. The van der Waals surface area contributed by atoms with E-state index in [1.54, 1.807) is 31.2 Å². The van der Waals surface area contributed by atoms with Gasteiger partial charge in [0.1, 0.15) is 22.9 Å². The van der Waals surface area contributed by atoms with Crippen LogP contribution in [0.1, 0.15) is 52.4 Å². The van der Waals surface area contributed by atoms with Gasteiger partial charge in [0.25, 0.3) is 11.8 Å². The predicted molar refractivity (Wildman–Crippen MR) is 128 cm³/mol. The molecule has 188 valence electrons. The smallest absolute Gasteiger partial charge is 0.273 e. The van der Waals surface area contributed by atoms with Crippen molar-refractivity contribution in [1.82, 2.24) is 25.1 Å². The normalized spacial score (nSPS) is 17.0. The molecule has 0 fully saturated rings. The van der Waals surface area contributed by atoms with Crippen LogP contribution in [0, 0.1) is 11.6 Å². The quantitative estimate of drug-likeness (QED) is 0.502. The number of fused-ring (bicyclic) bond motifs is 1. The molecule has 36 heavy (non-hydrogen) atoms. The van der Waals surface area contributed by atoms with E-state index in [1.165, 1.54) is 40.1 Å². The average Bonchev–Trinajstić information content (AvgIpc) is 3.28. The molecule has 3 aromatic rings. The summed E-state index contributed by atoms with van der Waals surface area (Å²) in [4.78, 5) is 45.4. The topological polar surface area (TPSA) is 96.3 Å². The van der Waals surface area contributed by atoms with Crippen LogP contribution in [0.15, 0.2) is 54.9 Å². The van der Waals surface area contributed by atoms with E-state index < -0.39 is 23.2 Å². The second kappa shape index (κ2) is 10.3. The Morgan fingerprint density at radius 3 is 2.44 bits per heavy atom. The van der Waals surface area contributed by atoms with Gasteiger partial charge in [0.2, 0.25) is 5.91 Å². The molecule has 8 nitrogen and oxygen atoms in total. The van der Waals surface area contributed by atoms with Crippen molar-refractivity contribution < 1.29 is 23.2 Å². The fourth-order valence-electron chi connectivity index (χ4n) is 4.32. The number of imidazole rings is 1. The highest BCUT2D eigenvalue weighted by atomic mass is 19.1. The lowest BCUT2D eigenvalue weighted by molar-refractivity contribution is -0.133. The molecule has 0 spiro atoms. The van der Waals surface area contributed by atoms with Gasteiger partial charge in [0.15, 0.2) is 5.69 Å². The Morgan fingerprint density at radius 2 is 1.75 bits per heavy atom. The second-order valence-corrected chi connectivity index (χ2v) is 8.92. The first kappa shape index (κ1) is 25.0. The van der Waals surface area contributed by atoms with Crippen LogP contribution in [0.2, 0.25) is 0 Å². The minimum absolute atomic E-state index is 0.0497. The molecule has 1 atom stereocenters. The van der Waals surface area contributed by atoms with Crippen molar-refractivity contribution in [3.8, 4) is 0 Å². The number of halogens is 2. The minimum atomic E-state index is -1.23. The number of amides is 3. The zero-order valence-corrected chi connectivity index (χ0v) is 20.1. The molecule has 2 aromatic carbocycles. The highest BCUT2D eigenvalue weighted by molar-refractivity contribution is 6.07. The molecule has 4 rings (SSSR count). The molecule has 1 aromatic heterocycles. The van der Waals surface area contributed by atoms with Crippen molar-refractivity contribution in [3.63, 3.8) is 0 Å². The number of rotatable bonds is 8. The van der Waals surface area contributed by atoms with Gasteiger partial charge in [-0.25, -0.2) is 13.8 Å². The molecular formula is C26H27F2N5O3. The van der Waals surface area contributed by atoms with Crippen molar-refractivity contribution in [2.75, 3.05) is 6.54 Å². The van der Waals surface area contributed by atoms with Crippen molar-refractivity contribution in [1.29, 1.82) is 0 Å². The van der Waals surface area contributed by atoms with Crippen molar-refractivity contribution in [2.24, 2.45) is 0 Å². The third-order valence-corrected chi connectivity index (χ3v) is 6.22. The summed E-state index contributed by atoms with van der Waals surface area (Å²) < 4.78 is 28.1. The van der Waals surface area contributed by atoms with Gasteiger partial charge in [-0.05, 0) is 48.7 Å². The maximum Gasteiger partial charge on any atom is 0.273 e. The summed E-state index contributed by atoms with van der Waals surface area (Å²) >= 11 is 0. The van der Waals surface area contributed by atoms with E-state index >= 15 is 0 Å². The average molecular weight is 496 g/mol. The van der Waals surface area contributed by atoms with E-state index in [1.807, 2.05) is 6.92 Å². The van der Waals surface area contributed by atoms with Crippen LogP contribution in [0.25, 0.3) is 0 Å². The molecule has 3 amide bonds. The third-order valence-electron chi connectivity index (χ3n) is 6.22. The van der Waals surface area contributed by atoms with Gasteiger partial charge >= 0.3 is 0 Å². The fourth-order valence-corrected chi connectivity index (χ4v) is 4.32. The fraction of sp³-hybridized carbons (Fsp3) is 0.308. The van der Waals surface area contributed by atoms with E-state index in [2.05, 4.69) is 15.6 Å². The van der Waals surface area contributed by atoms with Crippen LogP contribution in [0.4, 0.5) is 8.78 Å². The van der Waals surface area contributed by atoms with Crippen molar-refractivity contribution in [2.45, 2.75) is 45.4 Å². The maximum atomic E-state index is 13.6. The van der Waals surface area contributed by atoms with E-state index in [4.69, 9.17) is 0 Å². The zero-order valence-electron chi connectivity index (χ0n) is 20.1. The zero-order chi connectivity index (χ0) is 25.9. The van der Waals surface area contributed by atoms with E-state index in [0.717, 1.165) is 5.56 Å². The van der Waals surface area contributed by atoms with Gasteiger partial charge in [-0.1, -0.05) is 31.2 Å². The Hall–Kier alpha value is -4.08. The number of carbonyl (C=O) groups excluding carboxylic acids is 3. The summed E-state index contributed by atoms with van der Waals surface area (Å²) in [5.41, 5.74) is 0.116. The molecule has 2 heterocycles. The minimum Gasteiger partial charge on any atom is -0.350 e. The summed E-state index contributed by atoms with van der Waals surface area (Å²) in [6.45, 7) is 4.21. The Kier molecular flexibility index (Phi) is 7.14. The molecule has 1 aliphatic heterocycles. The Balaban J connectivity index is 1.53. The molecule has 10 heteroatoms. The van der Waals surface area contributed by atoms with Crippen molar-refractivity contribution >= 4 is 17.7 Å². The number of hydrogen-bond acceptors (Lipinski definition) is 4. The summed E-state index contributed by atoms with van der Waals surface area (Å²) in [5.74, 6) is -2.20. The second-order valence-electron chi connectivity index (χ2n) is 8.92. The Bertz CT molecular complexity index is 1290. The first-order valence-corrected chi connectivity index (χ1v) is 11.7. The molecule has 0 bridgehead atoms. The summed E-state index contributed by atoms with van der Waals surface area (Å²) in [5, 5.41) is 5.52. The SMILES string of the molecule is CCCN1C(=O)c2c(C(=O)NCc3cccc(F)c3)ncn2C[C@]1(C)C(=O)NCc1ccc(F)cc1. The number of carbonyl (C=O) groups is 3. The monoisotopic (exact) mass is 495 g/mol. The van der Waals surface area contributed by atoms with Gasteiger partial charge in [-0.15, -0.1) is 0 Å². The van der Waals surface area contributed by atoms with Crippen LogP contribution < -0.4 is 10.6 Å². The standard InChI is InChI=1S/C26H27F2N5O3/c1-3-11-33-24(35)22-21(23(34)29-14-18-5-4-6-20(28)12-18)31-16-32(22)15-26(33,2)25(36)30-13-17-7-9-19(27)10-8-17/h4-10,12,16H,3,11,13-15H2,1-2H3,(H,29,34)(H,30,36)/t26-/m1/s1. The summed E-state index contributed by atoms with van der Waals surface area (Å²) in [6.07, 6.45) is 1.97. The molecular weight excluding hydrogens is 468 g/mol. The summed E-state index contributed by atoms with van der Waals surface area (Å²) in [6, 6.07) is 11.6. The number of benzene rings is 2. The Morgan fingerprint density at radius 1 is 1.03 bits per heavy atom. The van der Waals surface area contributed by atoms with Gasteiger partial charge in [0.05, 0.1) is 12.9 Å². The van der Waals surface area contributed by atoms with E-state index in [9.17, 15) is 23.2 Å². The molecule has 2 N–H and O–H groups in total. The number of aromatic nitrogens is 2. The van der Waals surface area contributed by atoms with Gasteiger partial charge < -0.3 is 20.1 Å². The van der Waals surface area contributed by atoms with Crippen LogP contribution >= 0.6 is 0 Å². The van der Waals surface area contributed by atoms with Gasteiger partial charge in [-0.3, -0.25) is 14.4 Å².